The minimum Gasteiger partial charge on any atom is -0.314 e. The average Bonchev–Trinajstić information content (AvgIpc) is 2.36. The van der Waals surface area contributed by atoms with E-state index < -0.39 is 15.7 Å². The average molecular weight is 287 g/mol. The van der Waals surface area contributed by atoms with Gasteiger partial charge in [-0.25, -0.2) is 12.8 Å². The minimum absolute atomic E-state index is 0.108. The van der Waals surface area contributed by atoms with E-state index in [0.717, 1.165) is 19.4 Å². The zero-order valence-corrected chi connectivity index (χ0v) is 12.3. The Kier molecular flexibility index (Phi) is 6.45. The van der Waals surface area contributed by atoms with E-state index in [-0.39, 0.29) is 10.6 Å². The molecule has 0 aliphatic rings. The molecule has 108 valence electrons. The SMILES string of the molecule is CCCNC(C)CCCS(=O)(=O)c1ccc(F)cc1. The first kappa shape index (κ1) is 16.1. The Morgan fingerprint density at radius 2 is 1.89 bits per heavy atom. The van der Waals surface area contributed by atoms with Crippen LogP contribution in [0.25, 0.3) is 0 Å². The second-order valence-electron chi connectivity index (χ2n) is 4.77. The minimum atomic E-state index is -3.29. The van der Waals surface area contributed by atoms with Gasteiger partial charge >= 0.3 is 0 Å². The molecule has 0 amide bonds. The predicted molar refractivity (Wildman–Crippen MR) is 75.4 cm³/mol. The smallest absolute Gasteiger partial charge is 0.178 e. The van der Waals surface area contributed by atoms with Gasteiger partial charge in [0.05, 0.1) is 10.6 Å². The normalized spacial score (nSPS) is 13.4. The van der Waals surface area contributed by atoms with Crippen molar-refractivity contribution in [2.45, 2.75) is 44.0 Å². The highest BCUT2D eigenvalue weighted by molar-refractivity contribution is 7.91. The third-order valence-electron chi connectivity index (χ3n) is 2.97. The van der Waals surface area contributed by atoms with Crippen molar-refractivity contribution in [1.82, 2.24) is 5.32 Å². The van der Waals surface area contributed by atoms with Crippen LogP contribution in [0.2, 0.25) is 0 Å². The molecule has 0 heterocycles. The molecule has 0 aliphatic heterocycles. The van der Waals surface area contributed by atoms with Gasteiger partial charge in [0.1, 0.15) is 5.82 Å². The lowest BCUT2D eigenvalue weighted by molar-refractivity contribution is 0.506. The third-order valence-corrected chi connectivity index (χ3v) is 4.78. The van der Waals surface area contributed by atoms with Crippen LogP contribution in [-0.2, 0) is 9.84 Å². The molecule has 0 aromatic heterocycles. The van der Waals surface area contributed by atoms with Crippen molar-refractivity contribution in [3.63, 3.8) is 0 Å². The standard InChI is InChI=1S/C14H22FNO2S/c1-3-10-16-12(2)5-4-11-19(17,18)14-8-6-13(15)7-9-14/h6-9,12,16H,3-5,10-11H2,1-2H3. The number of sulfone groups is 1. The maximum absolute atomic E-state index is 12.7. The molecule has 1 aromatic carbocycles. The molecule has 1 rings (SSSR count). The van der Waals surface area contributed by atoms with Gasteiger partial charge in [-0.3, -0.25) is 0 Å². The Morgan fingerprint density at radius 1 is 1.26 bits per heavy atom. The Bertz CT molecular complexity index is 471. The maximum Gasteiger partial charge on any atom is 0.178 e. The van der Waals surface area contributed by atoms with Gasteiger partial charge in [0.25, 0.3) is 0 Å². The van der Waals surface area contributed by atoms with Crippen molar-refractivity contribution >= 4 is 9.84 Å². The Labute approximate surface area is 115 Å². The van der Waals surface area contributed by atoms with Gasteiger partial charge in [0, 0.05) is 6.04 Å². The monoisotopic (exact) mass is 287 g/mol. The van der Waals surface area contributed by atoms with Gasteiger partial charge in [-0.1, -0.05) is 6.92 Å². The first-order valence-electron chi connectivity index (χ1n) is 6.67. The number of hydrogen-bond acceptors (Lipinski definition) is 3. The number of halogens is 1. The zero-order valence-electron chi connectivity index (χ0n) is 11.5. The van der Waals surface area contributed by atoms with Gasteiger partial charge in [0.15, 0.2) is 9.84 Å². The van der Waals surface area contributed by atoms with E-state index in [4.69, 9.17) is 0 Å². The summed E-state index contributed by atoms with van der Waals surface area (Å²) in [5.41, 5.74) is 0. The van der Waals surface area contributed by atoms with Crippen LogP contribution in [0.5, 0.6) is 0 Å². The molecule has 0 fully saturated rings. The number of benzene rings is 1. The van der Waals surface area contributed by atoms with Crippen molar-refractivity contribution in [3.05, 3.63) is 30.1 Å². The Hall–Kier alpha value is -0.940. The van der Waals surface area contributed by atoms with Crippen molar-refractivity contribution in [1.29, 1.82) is 0 Å². The molecule has 1 unspecified atom stereocenters. The number of hydrogen-bond donors (Lipinski definition) is 1. The highest BCUT2D eigenvalue weighted by atomic mass is 32.2. The summed E-state index contributed by atoms with van der Waals surface area (Å²) in [4.78, 5) is 0.197. The molecule has 1 N–H and O–H groups in total. The largest absolute Gasteiger partial charge is 0.314 e. The van der Waals surface area contributed by atoms with Crippen molar-refractivity contribution < 1.29 is 12.8 Å². The molecule has 19 heavy (non-hydrogen) atoms. The molecule has 0 radical (unpaired) electrons. The summed E-state index contributed by atoms with van der Waals surface area (Å²) in [7, 11) is -3.29. The summed E-state index contributed by atoms with van der Waals surface area (Å²) in [6, 6.07) is 5.33. The maximum atomic E-state index is 12.7. The second kappa shape index (κ2) is 7.60. The fourth-order valence-electron chi connectivity index (χ4n) is 1.83. The fraction of sp³-hybridized carbons (Fsp3) is 0.571. The molecule has 0 bridgehead atoms. The van der Waals surface area contributed by atoms with Gasteiger partial charge in [-0.05, 0) is 57.0 Å². The van der Waals surface area contributed by atoms with Gasteiger partial charge in [-0.2, -0.15) is 0 Å². The second-order valence-corrected chi connectivity index (χ2v) is 6.88. The van der Waals surface area contributed by atoms with E-state index in [9.17, 15) is 12.8 Å². The van der Waals surface area contributed by atoms with E-state index in [0.29, 0.717) is 12.5 Å². The van der Waals surface area contributed by atoms with Crippen LogP contribution >= 0.6 is 0 Å². The predicted octanol–water partition coefficient (Wildman–Crippen LogP) is 2.77. The summed E-state index contributed by atoms with van der Waals surface area (Å²) >= 11 is 0. The van der Waals surface area contributed by atoms with Crippen molar-refractivity contribution in [2.24, 2.45) is 0 Å². The molecule has 0 saturated carbocycles. The molecule has 1 atom stereocenters. The molecular formula is C14H22FNO2S. The molecule has 5 heteroatoms. The highest BCUT2D eigenvalue weighted by Gasteiger charge is 2.14. The first-order chi connectivity index (χ1) is 8.95. The van der Waals surface area contributed by atoms with Crippen LogP contribution in [0.4, 0.5) is 4.39 Å². The van der Waals surface area contributed by atoms with Crippen LogP contribution in [0.3, 0.4) is 0 Å². The molecule has 0 aliphatic carbocycles. The van der Waals surface area contributed by atoms with Gasteiger partial charge in [0.2, 0.25) is 0 Å². The molecular weight excluding hydrogens is 265 g/mol. The Morgan fingerprint density at radius 3 is 2.47 bits per heavy atom. The van der Waals surface area contributed by atoms with Gasteiger partial charge in [-0.15, -0.1) is 0 Å². The van der Waals surface area contributed by atoms with E-state index in [1.54, 1.807) is 0 Å². The topological polar surface area (TPSA) is 46.2 Å². The first-order valence-corrected chi connectivity index (χ1v) is 8.32. The zero-order chi connectivity index (χ0) is 14.3. The summed E-state index contributed by atoms with van der Waals surface area (Å²) < 4.78 is 36.7. The quantitative estimate of drug-likeness (QED) is 0.748. The lowest BCUT2D eigenvalue weighted by Gasteiger charge is -2.12. The summed E-state index contributed by atoms with van der Waals surface area (Å²) in [5, 5.41) is 3.32. The van der Waals surface area contributed by atoms with E-state index >= 15 is 0 Å². The van der Waals surface area contributed by atoms with E-state index in [1.807, 2.05) is 0 Å². The molecule has 0 saturated heterocycles. The molecule has 3 nitrogen and oxygen atoms in total. The number of rotatable bonds is 8. The molecule has 1 aromatic rings. The number of nitrogens with one attached hydrogen (secondary N) is 1. The van der Waals surface area contributed by atoms with E-state index in [2.05, 4.69) is 19.2 Å². The lowest BCUT2D eigenvalue weighted by Crippen LogP contribution is -2.27. The molecule has 0 spiro atoms. The summed E-state index contributed by atoms with van der Waals surface area (Å²) in [6.07, 6.45) is 2.50. The Balaban J connectivity index is 2.45. The van der Waals surface area contributed by atoms with Crippen LogP contribution in [0.1, 0.15) is 33.1 Å². The van der Waals surface area contributed by atoms with Crippen molar-refractivity contribution in [2.75, 3.05) is 12.3 Å². The van der Waals surface area contributed by atoms with Crippen LogP contribution in [0.15, 0.2) is 29.2 Å². The summed E-state index contributed by atoms with van der Waals surface area (Å²) in [6.45, 7) is 5.10. The lowest BCUT2D eigenvalue weighted by atomic mass is 10.2. The third kappa shape index (κ3) is 5.70. The van der Waals surface area contributed by atoms with Crippen LogP contribution in [-0.4, -0.2) is 26.8 Å². The highest BCUT2D eigenvalue weighted by Crippen LogP contribution is 2.13. The summed E-state index contributed by atoms with van der Waals surface area (Å²) in [5.74, 6) is -0.312. The van der Waals surface area contributed by atoms with Gasteiger partial charge < -0.3 is 5.32 Å². The van der Waals surface area contributed by atoms with Crippen LogP contribution in [0, 0.1) is 5.82 Å². The van der Waals surface area contributed by atoms with Crippen LogP contribution < -0.4 is 5.32 Å². The van der Waals surface area contributed by atoms with Crippen molar-refractivity contribution in [3.8, 4) is 0 Å². The fourth-order valence-corrected chi connectivity index (χ4v) is 3.17. The van der Waals surface area contributed by atoms with E-state index in [1.165, 1.54) is 24.3 Å².